The summed E-state index contributed by atoms with van der Waals surface area (Å²) in [5.41, 5.74) is 0.444. The minimum atomic E-state index is -0.244. The highest BCUT2D eigenvalue weighted by atomic mass is 79.9. The molecule has 0 aromatic heterocycles. The lowest BCUT2D eigenvalue weighted by Gasteiger charge is -2.23. The molecule has 104 valence electrons. The summed E-state index contributed by atoms with van der Waals surface area (Å²) in [6.07, 6.45) is 0.860. The Morgan fingerprint density at radius 1 is 1.25 bits per heavy atom. The molecule has 2 aromatic carbocycles. The predicted octanol–water partition coefficient (Wildman–Crippen LogP) is 3.51. The minimum absolute atomic E-state index is 0.0391. The van der Waals surface area contributed by atoms with Crippen LogP contribution in [0.3, 0.4) is 0 Å². The summed E-state index contributed by atoms with van der Waals surface area (Å²) in [4.78, 5) is 12.3. The number of amides is 1. The third-order valence-electron chi connectivity index (χ3n) is 3.70. The molecule has 1 atom stereocenters. The Morgan fingerprint density at radius 3 is 2.75 bits per heavy atom. The maximum absolute atomic E-state index is 12.3. The summed E-state index contributed by atoms with van der Waals surface area (Å²) < 4.78 is 6.40. The van der Waals surface area contributed by atoms with Crippen LogP contribution in [0.15, 0.2) is 40.9 Å². The second-order valence-electron chi connectivity index (χ2n) is 5.52. The monoisotopic (exact) mass is 333 g/mol. The number of hydrogen-bond donors (Lipinski definition) is 1. The molecule has 1 N–H and O–H groups in total. The van der Waals surface area contributed by atoms with Crippen molar-refractivity contribution in [3.63, 3.8) is 0 Å². The van der Waals surface area contributed by atoms with Crippen molar-refractivity contribution in [1.29, 1.82) is 0 Å². The molecule has 4 heteroatoms. The van der Waals surface area contributed by atoms with Crippen LogP contribution < -0.4 is 5.32 Å². The highest BCUT2D eigenvalue weighted by molar-refractivity contribution is 9.10. The summed E-state index contributed by atoms with van der Waals surface area (Å²) in [5.74, 6) is -0.0391. The van der Waals surface area contributed by atoms with Gasteiger partial charge in [0.2, 0.25) is 0 Å². The van der Waals surface area contributed by atoms with Crippen LogP contribution in [0.2, 0.25) is 0 Å². The fraction of sp³-hybridized carbons (Fsp3) is 0.312. The van der Waals surface area contributed by atoms with Gasteiger partial charge in [0.05, 0.1) is 12.1 Å². The van der Waals surface area contributed by atoms with Crippen LogP contribution in [0.4, 0.5) is 0 Å². The largest absolute Gasteiger partial charge is 0.379 e. The lowest BCUT2D eigenvalue weighted by molar-refractivity contribution is 0.0890. The van der Waals surface area contributed by atoms with Crippen LogP contribution in [0.1, 0.15) is 23.7 Å². The molecule has 3 rings (SSSR count). The number of fused-ring (bicyclic) bond motifs is 1. The first-order valence-electron chi connectivity index (χ1n) is 6.65. The molecule has 0 radical (unpaired) electrons. The SMILES string of the molecule is CC1(NC(=O)c2ccc3cc(Br)ccc3c2)CCOC1. The molecule has 0 bridgehead atoms. The van der Waals surface area contributed by atoms with Crippen LogP contribution in [0, 0.1) is 0 Å². The Hall–Kier alpha value is -1.39. The van der Waals surface area contributed by atoms with Gasteiger partial charge in [0.25, 0.3) is 5.91 Å². The highest BCUT2D eigenvalue weighted by Gasteiger charge is 2.31. The predicted molar refractivity (Wildman–Crippen MR) is 83.0 cm³/mol. The first kappa shape index (κ1) is 13.6. The van der Waals surface area contributed by atoms with Crippen molar-refractivity contribution in [2.24, 2.45) is 0 Å². The van der Waals surface area contributed by atoms with Gasteiger partial charge in [-0.15, -0.1) is 0 Å². The summed E-state index contributed by atoms with van der Waals surface area (Å²) in [6, 6.07) is 11.8. The smallest absolute Gasteiger partial charge is 0.251 e. The highest BCUT2D eigenvalue weighted by Crippen LogP contribution is 2.22. The summed E-state index contributed by atoms with van der Waals surface area (Å²) in [5, 5.41) is 5.25. The van der Waals surface area contributed by atoms with Crippen LogP contribution in [0.5, 0.6) is 0 Å². The zero-order valence-electron chi connectivity index (χ0n) is 11.3. The fourth-order valence-corrected chi connectivity index (χ4v) is 2.85. The van der Waals surface area contributed by atoms with Crippen LogP contribution >= 0.6 is 15.9 Å². The maximum atomic E-state index is 12.3. The van der Waals surface area contributed by atoms with Gasteiger partial charge in [0.15, 0.2) is 0 Å². The zero-order valence-corrected chi connectivity index (χ0v) is 12.9. The molecule has 1 amide bonds. The van der Waals surface area contributed by atoms with Gasteiger partial charge in [-0.25, -0.2) is 0 Å². The lowest BCUT2D eigenvalue weighted by atomic mass is 10.0. The standard InChI is InChI=1S/C16H16BrNO2/c1-16(6-7-20-10-16)18-15(19)13-3-2-12-9-14(17)5-4-11(12)8-13/h2-5,8-9H,6-7,10H2,1H3,(H,18,19). The van der Waals surface area contributed by atoms with E-state index in [1.165, 1.54) is 0 Å². The van der Waals surface area contributed by atoms with Gasteiger partial charge >= 0.3 is 0 Å². The Balaban J connectivity index is 1.86. The van der Waals surface area contributed by atoms with E-state index >= 15 is 0 Å². The van der Waals surface area contributed by atoms with Crippen molar-refractivity contribution >= 4 is 32.6 Å². The van der Waals surface area contributed by atoms with E-state index in [4.69, 9.17) is 4.74 Å². The van der Waals surface area contributed by atoms with Crippen molar-refractivity contribution in [3.8, 4) is 0 Å². The Labute approximate surface area is 126 Å². The van der Waals surface area contributed by atoms with Crippen LogP contribution in [0.25, 0.3) is 10.8 Å². The number of ether oxygens (including phenoxy) is 1. The van der Waals surface area contributed by atoms with Gasteiger partial charge in [-0.05, 0) is 48.4 Å². The Bertz CT molecular complexity index is 663. The van der Waals surface area contributed by atoms with Crippen molar-refractivity contribution in [3.05, 3.63) is 46.4 Å². The second kappa shape index (κ2) is 5.19. The number of hydrogen-bond acceptors (Lipinski definition) is 2. The van der Waals surface area contributed by atoms with E-state index in [9.17, 15) is 4.79 Å². The lowest BCUT2D eigenvalue weighted by Crippen LogP contribution is -2.46. The van der Waals surface area contributed by atoms with Gasteiger partial charge in [-0.2, -0.15) is 0 Å². The Kier molecular flexibility index (Phi) is 3.52. The molecule has 2 aromatic rings. The minimum Gasteiger partial charge on any atom is -0.379 e. The molecule has 1 heterocycles. The van der Waals surface area contributed by atoms with Crippen molar-refractivity contribution in [2.45, 2.75) is 18.9 Å². The first-order valence-corrected chi connectivity index (χ1v) is 7.45. The number of carbonyl (C=O) groups excluding carboxylic acids is 1. The van der Waals surface area contributed by atoms with E-state index in [2.05, 4.69) is 21.2 Å². The summed E-state index contributed by atoms with van der Waals surface area (Å²) >= 11 is 3.45. The average molecular weight is 334 g/mol. The molecule has 3 nitrogen and oxygen atoms in total. The topological polar surface area (TPSA) is 38.3 Å². The van der Waals surface area contributed by atoms with Crippen molar-refractivity contribution in [1.82, 2.24) is 5.32 Å². The third-order valence-corrected chi connectivity index (χ3v) is 4.19. The molecule has 1 aliphatic rings. The summed E-state index contributed by atoms with van der Waals surface area (Å²) in [6.45, 7) is 3.32. The molecule has 0 spiro atoms. The van der Waals surface area contributed by atoms with E-state index in [1.54, 1.807) is 0 Å². The normalized spacial score (nSPS) is 22.1. The van der Waals surface area contributed by atoms with E-state index in [1.807, 2.05) is 43.3 Å². The van der Waals surface area contributed by atoms with E-state index < -0.39 is 0 Å². The molecule has 0 aliphatic carbocycles. The quantitative estimate of drug-likeness (QED) is 0.913. The third kappa shape index (κ3) is 2.72. The van der Waals surface area contributed by atoms with Crippen molar-refractivity contribution < 1.29 is 9.53 Å². The van der Waals surface area contributed by atoms with Crippen molar-refractivity contribution in [2.75, 3.05) is 13.2 Å². The fourth-order valence-electron chi connectivity index (χ4n) is 2.47. The number of halogens is 1. The average Bonchev–Trinajstić information content (AvgIpc) is 2.84. The van der Waals surface area contributed by atoms with E-state index in [-0.39, 0.29) is 11.4 Å². The molecular formula is C16H16BrNO2. The molecule has 1 aliphatic heterocycles. The molecule has 1 fully saturated rings. The number of carbonyl (C=O) groups is 1. The van der Waals surface area contributed by atoms with Gasteiger partial charge < -0.3 is 10.1 Å². The molecule has 1 saturated heterocycles. The molecule has 1 unspecified atom stereocenters. The van der Waals surface area contributed by atoms with Gasteiger partial charge in [0, 0.05) is 16.6 Å². The summed E-state index contributed by atoms with van der Waals surface area (Å²) in [7, 11) is 0. The maximum Gasteiger partial charge on any atom is 0.251 e. The number of benzene rings is 2. The number of rotatable bonds is 2. The second-order valence-corrected chi connectivity index (χ2v) is 6.44. The van der Waals surface area contributed by atoms with Crippen LogP contribution in [-0.2, 0) is 4.74 Å². The van der Waals surface area contributed by atoms with E-state index in [0.29, 0.717) is 18.8 Å². The Morgan fingerprint density at radius 2 is 2.00 bits per heavy atom. The molecule has 0 saturated carbocycles. The molecule has 20 heavy (non-hydrogen) atoms. The van der Waals surface area contributed by atoms with E-state index in [0.717, 1.165) is 21.7 Å². The van der Waals surface area contributed by atoms with Gasteiger partial charge in [0.1, 0.15) is 0 Å². The first-order chi connectivity index (χ1) is 9.56. The van der Waals surface area contributed by atoms with Gasteiger partial charge in [-0.3, -0.25) is 4.79 Å². The molecular weight excluding hydrogens is 318 g/mol. The zero-order chi connectivity index (χ0) is 14.2. The number of nitrogens with one attached hydrogen (secondary N) is 1. The van der Waals surface area contributed by atoms with Gasteiger partial charge in [-0.1, -0.05) is 28.1 Å². The van der Waals surface area contributed by atoms with Crippen LogP contribution in [-0.4, -0.2) is 24.7 Å².